The van der Waals surface area contributed by atoms with Gasteiger partial charge in [-0.1, -0.05) is 45.7 Å². The van der Waals surface area contributed by atoms with Crippen molar-refractivity contribution in [2.45, 2.75) is 11.2 Å². The van der Waals surface area contributed by atoms with Gasteiger partial charge in [0.1, 0.15) is 0 Å². The van der Waals surface area contributed by atoms with E-state index >= 15 is 0 Å². The van der Waals surface area contributed by atoms with Crippen molar-refractivity contribution in [2.75, 3.05) is 0 Å². The summed E-state index contributed by atoms with van der Waals surface area (Å²) in [5, 5.41) is 0.678. The lowest BCUT2D eigenvalue weighted by Gasteiger charge is -2.10. The van der Waals surface area contributed by atoms with Crippen molar-refractivity contribution < 1.29 is 8.78 Å². The van der Waals surface area contributed by atoms with Crippen molar-refractivity contribution in [3.05, 3.63) is 70.2 Å². The van der Waals surface area contributed by atoms with Gasteiger partial charge in [-0.15, -0.1) is 0 Å². The largest absolute Gasteiger partial charge is 0.204 e. The standard InChI is InChI=1S/C14H10BrClF2/c15-12(7-9-1-4-11(16)5-2-9)10-3-6-13(17)14(18)8-10/h1-6,8,12H,7H2. The number of halogens is 4. The van der Waals surface area contributed by atoms with E-state index in [1.54, 1.807) is 6.07 Å². The van der Waals surface area contributed by atoms with Crippen LogP contribution < -0.4 is 0 Å². The first-order valence-corrected chi connectivity index (χ1v) is 6.69. The molecule has 4 heteroatoms. The molecular weight excluding hydrogens is 322 g/mol. The summed E-state index contributed by atoms with van der Waals surface area (Å²) in [6.07, 6.45) is 0.683. The first kappa shape index (κ1) is 13.5. The van der Waals surface area contributed by atoms with Gasteiger partial charge in [0.15, 0.2) is 11.6 Å². The molecule has 0 amide bonds. The Morgan fingerprint density at radius 3 is 2.28 bits per heavy atom. The summed E-state index contributed by atoms with van der Waals surface area (Å²) in [5.41, 5.74) is 1.79. The van der Waals surface area contributed by atoms with Crippen LogP contribution in [0.4, 0.5) is 8.78 Å². The third-order valence-electron chi connectivity index (χ3n) is 2.63. The van der Waals surface area contributed by atoms with E-state index in [9.17, 15) is 8.78 Å². The topological polar surface area (TPSA) is 0 Å². The fourth-order valence-corrected chi connectivity index (χ4v) is 2.44. The zero-order valence-corrected chi connectivity index (χ0v) is 11.7. The van der Waals surface area contributed by atoms with Crippen LogP contribution in [0.25, 0.3) is 0 Å². The minimum Gasteiger partial charge on any atom is -0.204 e. The zero-order chi connectivity index (χ0) is 13.1. The van der Waals surface area contributed by atoms with Gasteiger partial charge in [-0.3, -0.25) is 0 Å². The average molecular weight is 332 g/mol. The molecule has 0 saturated carbocycles. The normalized spacial score (nSPS) is 12.4. The molecule has 0 aliphatic rings. The van der Waals surface area contributed by atoms with Crippen molar-refractivity contribution >= 4 is 27.5 Å². The number of benzene rings is 2. The van der Waals surface area contributed by atoms with Gasteiger partial charge in [0, 0.05) is 9.85 Å². The highest BCUT2D eigenvalue weighted by Crippen LogP contribution is 2.28. The Hall–Kier alpha value is -0.930. The molecule has 2 aromatic carbocycles. The Bertz CT molecular complexity index is 540. The number of alkyl halides is 1. The molecule has 94 valence electrons. The van der Waals surface area contributed by atoms with Gasteiger partial charge in [-0.2, -0.15) is 0 Å². The van der Waals surface area contributed by atoms with Gasteiger partial charge in [0.2, 0.25) is 0 Å². The predicted octanol–water partition coefficient (Wildman–Crippen LogP) is 5.30. The van der Waals surface area contributed by atoms with Crippen molar-refractivity contribution in [3.63, 3.8) is 0 Å². The van der Waals surface area contributed by atoms with Crippen molar-refractivity contribution in [2.24, 2.45) is 0 Å². The molecule has 18 heavy (non-hydrogen) atoms. The first-order valence-electron chi connectivity index (χ1n) is 5.40. The Morgan fingerprint density at radius 2 is 1.67 bits per heavy atom. The highest BCUT2D eigenvalue weighted by atomic mass is 79.9. The van der Waals surface area contributed by atoms with Crippen LogP contribution in [-0.4, -0.2) is 0 Å². The van der Waals surface area contributed by atoms with E-state index in [1.165, 1.54) is 6.07 Å². The summed E-state index contributed by atoms with van der Waals surface area (Å²) in [7, 11) is 0. The third kappa shape index (κ3) is 3.30. The van der Waals surface area contributed by atoms with Crippen molar-refractivity contribution in [1.82, 2.24) is 0 Å². The molecule has 0 aliphatic heterocycles. The summed E-state index contributed by atoms with van der Waals surface area (Å²) in [4.78, 5) is -0.0613. The highest BCUT2D eigenvalue weighted by molar-refractivity contribution is 9.09. The smallest absolute Gasteiger partial charge is 0.159 e. The van der Waals surface area contributed by atoms with E-state index in [2.05, 4.69) is 15.9 Å². The molecule has 0 bridgehead atoms. The molecule has 0 fully saturated rings. The van der Waals surface area contributed by atoms with Gasteiger partial charge < -0.3 is 0 Å². The SMILES string of the molecule is Fc1ccc(C(Br)Cc2ccc(Cl)cc2)cc1F. The molecule has 0 nitrogen and oxygen atoms in total. The zero-order valence-electron chi connectivity index (χ0n) is 9.34. The van der Waals surface area contributed by atoms with E-state index in [1.807, 2.05) is 24.3 Å². The lowest BCUT2D eigenvalue weighted by Crippen LogP contribution is -1.97. The predicted molar refractivity (Wildman–Crippen MR) is 73.2 cm³/mol. The molecule has 0 spiro atoms. The third-order valence-corrected chi connectivity index (χ3v) is 3.74. The van der Waals surface area contributed by atoms with E-state index < -0.39 is 11.6 Å². The minimum absolute atomic E-state index is 0.0613. The number of hydrogen-bond donors (Lipinski definition) is 0. The summed E-state index contributed by atoms with van der Waals surface area (Å²) in [6, 6.07) is 11.4. The Balaban J connectivity index is 2.13. The summed E-state index contributed by atoms with van der Waals surface area (Å²) < 4.78 is 25.9. The molecule has 0 saturated heterocycles. The van der Waals surface area contributed by atoms with E-state index in [-0.39, 0.29) is 4.83 Å². The molecule has 2 rings (SSSR count). The van der Waals surface area contributed by atoms with E-state index in [0.717, 1.165) is 11.6 Å². The van der Waals surface area contributed by atoms with E-state index in [0.29, 0.717) is 17.0 Å². The second-order valence-corrected chi connectivity index (χ2v) is 5.51. The maximum absolute atomic E-state index is 13.1. The lowest BCUT2D eigenvalue weighted by molar-refractivity contribution is 0.507. The quantitative estimate of drug-likeness (QED) is 0.670. The fourth-order valence-electron chi connectivity index (χ4n) is 1.65. The number of rotatable bonds is 3. The van der Waals surface area contributed by atoms with Crippen LogP contribution in [0.1, 0.15) is 16.0 Å². The van der Waals surface area contributed by atoms with Gasteiger partial charge in [-0.25, -0.2) is 8.78 Å². The summed E-state index contributed by atoms with van der Waals surface area (Å²) in [5.74, 6) is -1.65. The van der Waals surface area contributed by atoms with Crippen LogP contribution in [0.2, 0.25) is 5.02 Å². The average Bonchev–Trinajstić information content (AvgIpc) is 2.35. The minimum atomic E-state index is -0.829. The van der Waals surface area contributed by atoms with Crippen LogP contribution in [0, 0.1) is 11.6 Å². The molecule has 1 atom stereocenters. The Morgan fingerprint density at radius 1 is 1.00 bits per heavy atom. The molecule has 1 unspecified atom stereocenters. The summed E-state index contributed by atoms with van der Waals surface area (Å²) >= 11 is 9.28. The van der Waals surface area contributed by atoms with Crippen LogP contribution in [-0.2, 0) is 6.42 Å². The van der Waals surface area contributed by atoms with E-state index in [4.69, 9.17) is 11.6 Å². The molecule has 0 N–H and O–H groups in total. The molecular formula is C14H10BrClF2. The second-order valence-electron chi connectivity index (χ2n) is 3.97. The van der Waals surface area contributed by atoms with Gasteiger partial charge in [-0.05, 0) is 41.8 Å². The van der Waals surface area contributed by atoms with Crippen molar-refractivity contribution in [3.8, 4) is 0 Å². The monoisotopic (exact) mass is 330 g/mol. The van der Waals surface area contributed by atoms with Crippen LogP contribution in [0.3, 0.4) is 0 Å². The number of hydrogen-bond acceptors (Lipinski definition) is 0. The maximum Gasteiger partial charge on any atom is 0.159 e. The van der Waals surface area contributed by atoms with Gasteiger partial charge in [0.25, 0.3) is 0 Å². The van der Waals surface area contributed by atoms with Crippen LogP contribution in [0.5, 0.6) is 0 Å². The molecule has 0 heterocycles. The Kier molecular flexibility index (Phi) is 4.36. The molecule has 2 aromatic rings. The van der Waals surface area contributed by atoms with Crippen LogP contribution >= 0.6 is 27.5 Å². The maximum atomic E-state index is 13.1. The molecule has 0 radical (unpaired) electrons. The van der Waals surface area contributed by atoms with Gasteiger partial charge in [0.05, 0.1) is 0 Å². The van der Waals surface area contributed by atoms with Crippen molar-refractivity contribution in [1.29, 1.82) is 0 Å². The Labute approximate surface area is 118 Å². The van der Waals surface area contributed by atoms with Crippen LogP contribution in [0.15, 0.2) is 42.5 Å². The first-order chi connectivity index (χ1) is 8.56. The highest BCUT2D eigenvalue weighted by Gasteiger charge is 2.11. The fraction of sp³-hybridized carbons (Fsp3) is 0.143. The molecule has 0 aliphatic carbocycles. The second kappa shape index (κ2) is 5.81. The lowest BCUT2D eigenvalue weighted by atomic mass is 10.0. The van der Waals surface area contributed by atoms with Gasteiger partial charge >= 0.3 is 0 Å². The molecule has 0 aromatic heterocycles. The summed E-state index contributed by atoms with van der Waals surface area (Å²) in [6.45, 7) is 0.